The zero-order valence-electron chi connectivity index (χ0n) is 68.7. The number of ether oxygens (including phenoxy) is 5. The van der Waals surface area contributed by atoms with Crippen LogP contribution in [0.3, 0.4) is 0 Å². The molecular formula is C83H112ClN13O19S4. The number of hydrogen-bond donors (Lipinski definition) is 14. The summed E-state index contributed by atoms with van der Waals surface area (Å²) in [6, 6.07) is 14.6. The molecule has 4 bridgehead atoms. The zero-order chi connectivity index (χ0) is 87.1. The first-order valence-corrected chi connectivity index (χ1v) is 45.4. The topological polar surface area (TPSA) is 468 Å². The summed E-state index contributed by atoms with van der Waals surface area (Å²) in [7, 11) is 10.5. The van der Waals surface area contributed by atoms with Crippen LogP contribution < -0.4 is 63.6 Å². The fraction of sp³-hybridized carbons (Fsp3) is 0.530. The molecule has 3 saturated heterocycles. The molecule has 4 aliphatic rings. The van der Waals surface area contributed by atoms with Gasteiger partial charge in [0.05, 0.1) is 37.5 Å². The predicted octanol–water partition coefficient (Wildman–Crippen LogP) is 4.93. The van der Waals surface area contributed by atoms with Gasteiger partial charge in [0, 0.05) is 99.5 Å². The molecule has 17 atom stereocenters. The van der Waals surface area contributed by atoms with E-state index in [9.17, 15) is 58.5 Å². The number of aromatic nitrogens is 1. The summed E-state index contributed by atoms with van der Waals surface area (Å²) in [6.07, 6.45) is 0.476. The number of aromatic amines is 1. The van der Waals surface area contributed by atoms with Crippen LogP contribution >= 0.6 is 54.8 Å². The number of fused-ring (bicyclic) bond motifs is 6. The SMILES string of the molecule is COc1cc2cc(c1Cl)N(C)C(=O)C[C@H](OC(=O)[C@H](C)N(C)C(=O)CCSSCCNC(=O)[C@@H]1CSSC[C@H](NC(=O)[C@H](N)Cc3ccccc3)C(=O)N[C@@H](Cc3ccc(O)cc3)C(=O)N[C@H](Cc3c[nH]c4ccccc34)C(=O)N[C@@H](CCCCCN)C(=O)N[C@@H]([C@@H](C)O)C(=O)N1)[C@]1(C)O[C@H]1[C@H](C)[C@@H]1C[C@@](O)(NC(=O)O1)[C@H](OC)/C=C/CC(C)C2. The fourth-order valence-corrected chi connectivity index (χ4v) is 19.1. The van der Waals surface area contributed by atoms with Gasteiger partial charge < -0.3 is 102 Å². The smallest absolute Gasteiger partial charge is 0.409 e. The van der Waals surface area contributed by atoms with Gasteiger partial charge in [0.25, 0.3) is 0 Å². The van der Waals surface area contributed by atoms with Gasteiger partial charge in [-0.1, -0.05) is 154 Å². The highest BCUT2D eigenvalue weighted by atomic mass is 35.5. The third-order valence-corrected chi connectivity index (χ3v) is 27.1. The van der Waals surface area contributed by atoms with Crippen LogP contribution in [-0.2, 0) is 92.6 Å². The Kier molecular flexibility index (Phi) is 35.5. The number of anilines is 1. The van der Waals surface area contributed by atoms with Gasteiger partial charge >= 0.3 is 12.1 Å². The molecule has 0 radical (unpaired) electrons. The second kappa shape index (κ2) is 44.8. The number of aliphatic hydroxyl groups excluding tert-OH is 1. The van der Waals surface area contributed by atoms with Gasteiger partial charge in [-0.15, -0.1) is 0 Å². The Morgan fingerprint density at radius 1 is 0.817 bits per heavy atom. The van der Waals surface area contributed by atoms with E-state index in [4.69, 9.17) is 46.8 Å². The van der Waals surface area contributed by atoms with Gasteiger partial charge in [0.1, 0.15) is 82.7 Å². The Morgan fingerprint density at radius 3 is 2.20 bits per heavy atom. The number of phenols is 1. The van der Waals surface area contributed by atoms with Crippen LogP contribution in [0.25, 0.3) is 10.9 Å². The number of carbonyl (C=O) groups is 11. The number of halogens is 1. The fourth-order valence-electron chi connectivity index (χ4n) is 14.5. The van der Waals surface area contributed by atoms with Crippen molar-refractivity contribution in [2.24, 2.45) is 23.3 Å². The average Bonchev–Trinajstić information content (AvgIpc) is 1.57. The minimum atomic E-state index is -1.90. The standard InChI is InChI=1S/C83H112ClN13O19S4/c1-46-19-18-25-66(113-9)83(111)42-65(114-81(110)95-83)47(2)72-82(5,116-72)67(41-69(101)97(7)63-38-52(35-46)39-64(112-8)70(63)84)115-80(109)48(3)96(6)68(100)30-33-117-118-34-32-87-74(103)61-44-119-120-45-62(92-73(102)56(86)36-50-20-12-10-13-21-50)78(107)90-59(37-51-26-28-54(99)29-27-51)76(105)91-60(40-53-43-88-57-23-16-15-22-55(53)57)77(106)89-58(24-14-11-17-31-85)75(104)94-71(49(4)98)79(108)93-61/h10,12-13,15-16,18,20-23,25-29,38-39,43,46-49,56,58-62,65-67,71-72,88,98-99,111H,11,14,17,19,24,30-37,40-42,44-45,85-86H2,1-9H3,(H,87,103)(H,89,106)(H,90,107)(H,91,105)(H,92,102)(H,93,108)(H,94,104)(H,95,110)/b25-18+/t46?,47-,48+,49-,56-,58+,59+,60-,61+,62+,65+,66-,67+,71+,72+,82+,83+/m1/s1. The van der Waals surface area contributed by atoms with Crippen LogP contribution in [0.4, 0.5) is 10.5 Å². The minimum absolute atomic E-state index is 0.0127. The number of para-hydroxylation sites is 1. The summed E-state index contributed by atoms with van der Waals surface area (Å²) < 4.78 is 29.8. The summed E-state index contributed by atoms with van der Waals surface area (Å²) in [5, 5.41) is 56.3. The molecule has 16 N–H and O–H groups in total. The number of aliphatic hydroxyl groups is 2. The van der Waals surface area contributed by atoms with Gasteiger partial charge in [-0.25, -0.2) is 9.59 Å². The van der Waals surface area contributed by atoms with E-state index in [0.29, 0.717) is 61.2 Å². The molecular weight excluding hydrogens is 1650 g/mol. The van der Waals surface area contributed by atoms with Crippen LogP contribution in [0.5, 0.6) is 11.5 Å². The van der Waals surface area contributed by atoms with E-state index in [2.05, 4.69) is 47.5 Å². The Labute approximate surface area is 719 Å². The molecule has 32 nitrogen and oxygen atoms in total. The molecule has 1 unspecified atom stereocenters. The number of nitrogens with one attached hydrogen (secondary N) is 9. The monoisotopic (exact) mass is 1760 g/mol. The number of amides is 10. The van der Waals surface area contributed by atoms with E-state index in [0.717, 1.165) is 43.6 Å². The second-order valence-electron chi connectivity index (χ2n) is 31.0. The Hall–Kier alpha value is -8.82. The van der Waals surface area contributed by atoms with Crippen molar-refractivity contribution in [1.82, 2.24) is 52.4 Å². The normalized spacial score (nSPS) is 26.7. The largest absolute Gasteiger partial charge is 0.508 e. The lowest BCUT2D eigenvalue weighted by molar-refractivity contribution is -0.162. The highest BCUT2D eigenvalue weighted by Crippen LogP contribution is 2.49. The third kappa shape index (κ3) is 26.1. The molecule has 4 aromatic carbocycles. The first kappa shape index (κ1) is 95.0. The predicted molar refractivity (Wildman–Crippen MR) is 461 cm³/mol. The number of hydrogen-bond acceptors (Lipinski definition) is 25. The molecule has 0 aliphatic carbocycles. The second-order valence-corrected chi connectivity index (χ2v) is 36.6. The van der Waals surface area contributed by atoms with Gasteiger partial charge in [-0.2, -0.15) is 0 Å². The summed E-state index contributed by atoms with van der Waals surface area (Å²) in [5.41, 5.74) is 12.8. The maximum Gasteiger partial charge on any atom is 0.409 e. The quantitative estimate of drug-likeness (QED) is 0.0109. The van der Waals surface area contributed by atoms with Crippen molar-refractivity contribution >= 4 is 137 Å². The number of benzene rings is 4. The number of carbonyl (C=O) groups excluding carboxylic acids is 11. The average molecular weight is 1760 g/mol. The maximum absolute atomic E-state index is 15.1. The van der Waals surface area contributed by atoms with E-state index in [1.54, 1.807) is 93.8 Å². The van der Waals surface area contributed by atoms with Crippen LogP contribution in [-0.4, -0.2) is 245 Å². The zero-order valence-corrected chi connectivity index (χ0v) is 72.7. The Bertz CT molecular complexity index is 4420. The van der Waals surface area contributed by atoms with Crippen molar-refractivity contribution in [3.05, 3.63) is 137 Å². The Balaban J connectivity index is 0.884. The summed E-state index contributed by atoms with van der Waals surface area (Å²) in [4.78, 5) is 165. The van der Waals surface area contributed by atoms with Crippen molar-refractivity contribution in [2.75, 3.05) is 69.3 Å². The van der Waals surface area contributed by atoms with Gasteiger partial charge in [-0.3, -0.25) is 48.5 Å². The number of phenolic OH excluding ortho intramolecular Hbond substituents is 1. The molecule has 3 fully saturated rings. The first-order valence-electron chi connectivity index (χ1n) is 40.0. The number of aromatic hydroxyl groups is 1. The molecule has 1 aromatic heterocycles. The molecule has 4 aliphatic heterocycles. The highest BCUT2D eigenvalue weighted by molar-refractivity contribution is 8.77. The molecule has 654 valence electrons. The van der Waals surface area contributed by atoms with E-state index < -0.39 is 168 Å². The summed E-state index contributed by atoms with van der Waals surface area (Å²) >= 11 is 6.91. The number of epoxide rings is 1. The van der Waals surface area contributed by atoms with Crippen molar-refractivity contribution in [3.63, 3.8) is 0 Å². The Morgan fingerprint density at radius 2 is 1.49 bits per heavy atom. The first-order chi connectivity index (χ1) is 57.2. The lowest BCUT2D eigenvalue weighted by Gasteiger charge is -2.42. The van der Waals surface area contributed by atoms with Gasteiger partial charge in [0.15, 0.2) is 5.72 Å². The third-order valence-electron chi connectivity index (χ3n) is 21.9. The molecule has 0 saturated carbocycles. The number of rotatable bonds is 27. The maximum atomic E-state index is 15.1. The number of unbranched alkanes of at least 4 members (excludes halogenated alkanes) is 2. The van der Waals surface area contributed by atoms with Crippen LogP contribution in [0.15, 0.2) is 109 Å². The van der Waals surface area contributed by atoms with Crippen molar-refractivity contribution in [2.45, 2.75) is 202 Å². The van der Waals surface area contributed by atoms with Crippen LogP contribution in [0.1, 0.15) is 108 Å². The van der Waals surface area contributed by atoms with Crippen molar-refractivity contribution in [3.8, 4) is 11.5 Å². The molecule has 5 heterocycles. The van der Waals surface area contributed by atoms with Crippen LogP contribution in [0.2, 0.25) is 5.02 Å². The van der Waals surface area contributed by atoms with E-state index in [1.165, 1.54) is 78.6 Å². The number of nitrogens with zero attached hydrogens (tertiary/aromatic N) is 2. The van der Waals surface area contributed by atoms with E-state index >= 15 is 9.59 Å². The number of H-pyrrole nitrogens is 1. The summed E-state index contributed by atoms with van der Waals surface area (Å²) in [6.45, 7) is 8.55. The molecule has 10 amide bonds. The van der Waals surface area contributed by atoms with Crippen molar-refractivity contribution < 1.29 is 91.7 Å². The van der Waals surface area contributed by atoms with Gasteiger partial charge in [-0.05, 0) is 118 Å². The van der Waals surface area contributed by atoms with Gasteiger partial charge in [0.2, 0.25) is 53.2 Å². The number of allylic oxidation sites excluding steroid dienone is 1. The molecule has 9 rings (SSSR count). The van der Waals surface area contributed by atoms with Crippen LogP contribution in [0, 0.1) is 11.8 Å². The number of likely N-dealkylation sites (N-methyl/N-ethyl adjacent to an activating group) is 1. The molecule has 5 aromatic rings. The van der Waals surface area contributed by atoms with Crippen molar-refractivity contribution in [1.29, 1.82) is 0 Å². The summed E-state index contributed by atoms with van der Waals surface area (Å²) in [5.74, 6) is -7.84. The lowest BCUT2D eigenvalue weighted by Crippen LogP contribution is -2.63. The lowest BCUT2D eigenvalue weighted by atomic mass is 9.83. The number of nitrogens with two attached hydrogens (primary N) is 2. The molecule has 0 spiro atoms. The molecule has 120 heavy (non-hydrogen) atoms. The van der Waals surface area contributed by atoms with E-state index in [1.807, 2.05) is 31.2 Å². The minimum Gasteiger partial charge on any atom is -0.508 e. The number of alkyl carbamates (subject to hydrolysis) is 1. The number of methoxy groups -OCH3 is 2. The van der Waals surface area contributed by atoms with E-state index in [-0.39, 0.29) is 84.8 Å². The molecule has 37 heteroatoms. The number of esters is 1. The highest BCUT2D eigenvalue weighted by Gasteiger charge is 2.65.